The van der Waals surface area contributed by atoms with Gasteiger partial charge in [0.1, 0.15) is 30.2 Å². The van der Waals surface area contributed by atoms with Crippen LogP contribution in [0.15, 0.2) is 0 Å². The lowest BCUT2D eigenvalue weighted by Gasteiger charge is -2.39. The summed E-state index contributed by atoms with van der Waals surface area (Å²) in [4.78, 5) is 62.5. The Hall–Kier alpha value is -3.13. The zero-order valence-corrected chi connectivity index (χ0v) is 20.1. The summed E-state index contributed by atoms with van der Waals surface area (Å²) in [5, 5.41) is 18.0. The molecule has 14 heteroatoms. The average molecular weight is 499 g/mol. The highest BCUT2D eigenvalue weighted by Crippen LogP contribution is 2.20. The van der Waals surface area contributed by atoms with Gasteiger partial charge in [0.2, 0.25) is 17.7 Å². The number of aromatic nitrogens is 2. The van der Waals surface area contributed by atoms with Crippen LogP contribution in [0.2, 0.25) is 0 Å². The molecule has 0 aromatic carbocycles. The number of carboxylic acid groups (broad SMARTS) is 1. The summed E-state index contributed by atoms with van der Waals surface area (Å²) in [7, 11) is 0. The molecule has 0 spiro atoms. The standard InChI is InChI=1S/C20H30N6O7S/c1-10(2)6-13(18(21)30)23-19(31)14-7-12(22-20(32)17-11(3)24-25-34-17)4-5-26(14)15(27)8-33-9-16(28)29/h10,12-14H,4-9H2,1-3H3,(H2,21,30)(H,22,32)(H,23,31)(H,28,29)/t12-,13+,14-/m0/s1. The Morgan fingerprint density at radius 2 is 1.97 bits per heavy atom. The first-order valence-corrected chi connectivity index (χ1v) is 11.5. The molecule has 0 saturated carbocycles. The molecule has 1 aromatic heterocycles. The van der Waals surface area contributed by atoms with Gasteiger partial charge in [-0.05, 0) is 43.6 Å². The maximum atomic E-state index is 13.1. The molecule has 4 amide bonds. The zero-order chi connectivity index (χ0) is 25.4. The van der Waals surface area contributed by atoms with Crippen molar-refractivity contribution in [1.82, 2.24) is 25.1 Å². The Morgan fingerprint density at radius 3 is 2.53 bits per heavy atom. The zero-order valence-electron chi connectivity index (χ0n) is 19.3. The molecular weight excluding hydrogens is 468 g/mol. The molecule has 1 aliphatic heterocycles. The molecule has 1 fully saturated rings. The molecule has 1 saturated heterocycles. The summed E-state index contributed by atoms with van der Waals surface area (Å²) in [6, 6.07) is -2.38. The van der Waals surface area contributed by atoms with E-state index < -0.39 is 55.0 Å². The second-order valence-electron chi connectivity index (χ2n) is 8.46. The van der Waals surface area contributed by atoms with E-state index in [0.717, 1.165) is 11.5 Å². The Kier molecular flexibility index (Phi) is 9.86. The minimum Gasteiger partial charge on any atom is -0.480 e. The van der Waals surface area contributed by atoms with Crippen LogP contribution < -0.4 is 16.4 Å². The van der Waals surface area contributed by atoms with Gasteiger partial charge in [-0.2, -0.15) is 0 Å². The number of likely N-dealkylation sites (tertiary alicyclic amines) is 1. The van der Waals surface area contributed by atoms with E-state index in [0.29, 0.717) is 23.4 Å². The lowest BCUT2D eigenvalue weighted by molar-refractivity contribution is -0.150. The fourth-order valence-corrected chi connectivity index (χ4v) is 4.19. The first kappa shape index (κ1) is 27.1. The summed E-state index contributed by atoms with van der Waals surface area (Å²) < 4.78 is 8.63. The van der Waals surface area contributed by atoms with Gasteiger partial charge in [-0.3, -0.25) is 19.2 Å². The van der Waals surface area contributed by atoms with Crippen molar-refractivity contribution in [3.8, 4) is 0 Å². The molecule has 0 bridgehead atoms. The molecule has 13 nitrogen and oxygen atoms in total. The summed E-state index contributed by atoms with van der Waals surface area (Å²) in [5.41, 5.74) is 5.92. The topological polar surface area (TPSA) is 194 Å². The van der Waals surface area contributed by atoms with Crippen molar-refractivity contribution < 1.29 is 33.8 Å². The van der Waals surface area contributed by atoms with Crippen LogP contribution in [-0.2, 0) is 23.9 Å². The number of aliphatic carboxylic acids is 1. The Balaban J connectivity index is 2.15. The van der Waals surface area contributed by atoms with E-state index in [2.05, 4.69) is 20.2 Å². The largest absolute Gasteiger partial charge is 0.480 e. The fraction of sp³-hybridized carbons (Fsp3) is 0.650. The van der Waals surface area contributed by atoms with Gasteiger partial charge >= 0.3 is 5.97 Å². The predicted octanol–water partition coefficient (Wildman–Crippen LogP) is -0.947. The highest BCUT2D eigenvalue weighted by atomic mass is 32.1. The van der Waals surface area contributed by atoms with E-state index in [-0.39, 0.29) is 24.8 Å². The number of hydrogen-bond donors (Lipinski definition) is 4. The van der Waals surface area contributed by atoms with Crippen LogP contribution in [0.4, 0.5) is 0 Å². The average Bonchev–Trinajstić information content (AvgIpc) is 3.18. The number of aryl methyl sites for hydroxylation is 1. The van der Waals surface area contributed by atoms with Crippen LogP contribution in [0.25, 0.3) is 0 Å². The van der Waals surface area contributed by atoms with Crippen molar-refractivity contribution in [3.05, 3.63) is 10.6 Å². The quantitative estimate of drug-likeness (QED) is 0.297. The van der Waals surface area contributed by atoms with Crippen LogP contribution in [0.1, 0.15) is 48.5 Å². The van der Waals surface area contributed by atoms with Gasteiger partial charge in [-0.15, -0.1) is 5.10 Å². The van der Waals surface area contributed by atoms with Crippen molar-refractivity contribution in [2.24, 2.45) is 11.7 Å². The van der Waals surface area contributed by atoms with Gasteiger partial charge in [0.25, 0.3) is 5.91 Å². The van der Waals surface area contributed by atoms with E-state index >= 15 is 0 Å². The monoisotopic (exact) mass is 498 g/mol. The molecule has 2 heterocycles. The third-order valence-electron chi connectivity index (χ3n) is 5.24. The van der Waals surface area contributed by atoms with E-state index in [9.17, 15) is 24.0 Å². The molecule has 0 unspecified atom stereocenters. The van der Waals surface area contributed by atoms with Crippen LogP contribution >= 0.6 is 11.5 Å². The van der Waals surface area contributed by atoms with Crippen molar-refractivity contribution in [2.75, 3.05) is 19.8 Å². The lowest BCUT2D eigenvalue weighted by atomic mass is 9.95. The van der Waals surface area contributed by atoms with Crippen molar-refractivity contribution in [2.45, 2.75) is 58.2 Å². The normalized spacial score (nSPS) is 18.9. The molecule has 5 N–H and O–H groups in total. The van der Waals surface area contributed by atoms with Gasteiger partial charge in [-0.25, -0.2) is 4.79 Å². The van der Waals surface area contributed by atoms with Crippen molar-refractivity contribution >= 4 is 41.1 Å². The van der Waals surface area contributed by atoms with Gasteiger partial charge in [0, 0.05) is 12.6 Å². The highest BCUT2D eigenvalue weighted by Gasteiger charge is 2.38. The van der Waals surface area contributed by atoms with Gasteiger partial charge < -0.3 is 31.1 Å². The van der Waals surface area contributed by atoms with Crippen molar-refractivity contribution in [1.29, 1.82) is 0 Å². The first-order chi connectivity index (χ1) is 16.0. The second kappa shape index (κ2) is 12.4. The Morgan fingerprint density at radius 1 is 1.26 bits per heavy atom. The minimum atomic E-state index is -1.23. The number of nitrogens with one attached hydrogen (secondary N) is 2. The molecule has 34 heavy (non-hydrogen) atoms. The van der Waals surface area contributed by atoms with Gasteiger partial charge in [0.05, 0.1) is 5.69 Å². The number of primary amides is 1. The number of carbonyl (C=O) groups excluding carboxylic acids is 4. The summed E-state index contributed by atoms with van der Waals surface area (Å²) in [6.45, 7) is 4.34. The first-order valence-electron chi connectivity index (χ1n) is 10.8. The molecule has 3 atom stereocenters. The number of ether oxygens (including phenoxy) is 1. The third kappa shape index (κ3) is 7.73. The van der Waals surface area contributed by atoms with Crippen LogP contribution in [0.3, 0.4) is 0 Å². The molecule has 0 radical (unpaired) electrons. The number of nitrogens with two attached hydrogens (primary N) is 1. The Labute approximate surface area is 200 Å². The van der Waals surface area contributed by atoms with Crippen LogP contribution in [0, 0.1) is 12.8 Å². The van der Waals surface area contributed by atoms with Crippen molar-refractivity contribution in [3.63, 3.8) is 0 Å². The Bertz CT molecular complexity index is 921. The van der Waals surface area contributed by atoms with E-state index in [1.807, 2.05) is 13.8 Å². The minimum absolute atomic E-state index is 0.0783. The smallest absolute Gasteiger partial charge is 0.329 e. The maximum absolute atomic E-state index is 13.1. The van der Waals surface area contributed by atoms with Crippen LogP contribution in [0.5, 0.6) is 0 Å². The van der Waals surface area contributed by atoms with Gasteiger partial charge in [0.15, 0.2) is 0 Å². The second-order valence-corrected chi connectivity index (χ2v) is 9.22. The molecule has 1 aromatic rings. The molecular formula is C20H30N6O7S. The summed E-state index contributed by atoms with van der Waals surface area (Å²) in [5.74, 6) is -3.39. The molecule has 188 valence electrons. The highest BCUT2D eigenvalue weighted by molar-refractivity contribution is 7.08. The van der Waals surface area contributed by atoms with E-state index in [4.69, 9.17) is 15.6 Å². The van der Waals surface area contributed by atoms with E-state index in [1.54, 1.807) is 6.92 Å². The van der Waals surface area contributed by atoms with Gasteiger partial charge in [-0.1, -0.05) is 18.3 Å². The molecule has 0 aliphatic carbocycles. The van der Waals surface area contributed by atoms with E-state index in [1.165, 1.54) is 4.90 Å². The predicted molar refractivity (Wildman–Crippen MR) is 120 cm³/mol. The molecule has 2 rings (SSSR count). The third-order valence-corrected chi connectivity index (χ3v) is 6.06. The molecule has 1 aliphatic rings. The summed E-state index contributed by atoms with van der Waals surface area (Å²) >= 11 is 0.955. The number of hydrogen-bond acceptors (Lipinski definition) is 9. The number of amides is 4. The number of piperidine rings is 1. The fourth-order valence-electron chi connectivity index (χ4n) is 3.63. The lowest BCUT2D eigenvalue weighted by Crippen LogP contribution is -2.60. The maximum Gasteiger partial charge on any atom is 0.329 e. The number of nitrogens with zero attached hydrogens (tertiary/aromatic N) is 3. The number of carbonyl (C=O) groups is 5. The summed E-state index contributed by atoms with van der Waals surface area (Å²) in [6.07, 6.45) is 0.763. The number of carboxylic acids is 1. The van der Waals surface area contributed by atoms with Crippen LogP contribution in [-0.4, -0.2) is 87.1 Å². The number of rotatable bonds is 11. The SMILES string of the molecule is Cc1nnsc1C(=O)N[C@H]1CCN(C(=O)COCC(=O)O)[C@H](C(=O)N[C@H](CC(C)C)C(N)=O)C1.